The molecule has 0 aliphatic rings. The molecular weight excluding hydrogens is 194 g/mol. The number of carbonyl (C=O) groups excluding carboxylic acids is 2. The first-order valence-electron chi connectivity index (χ1n) is 4.73. The van der Waals surface area contributed by atoms with E-state index in [0.29, 0.717) is 0 Å². The second kappa shape index (κ2) is 12.4. The van der Waals surface area contributed by atoms with E-state index in [0.717, 1.165) is 25.5 Å². The van der Waals surface area contributed by atoms with Gasteiger partial charge in [-0.1, -0.05) is 26.5 Å². The van der Waals surface area contributed by atoms with Gasteiger partial charge in [0.25, 0.3) is 0 Å². The highest BCUT2D eigenvalue weighted by molar-refractivity contribution is 5.86. The molecule has 0 bridgehead atoms. The first-order valence-corrected chi connectivity index (χ1v) is 4.73. The molecule has 4 nitrogen and oxygen atoms in total. The molecule has 0 rings (SSSR count). The third kappa shape index (κ3) is 15.2. The lowest BCUT2D eigenvalue weighted by atomic mass is 10.3. The number of ether oxygens (including phenoxy) is 1. The summed E-state index contributed by atoms with van der Waals surface area (Å²) < 4.78 is 4.14. The van der Waals surface area contributed by atoms with Crippen molar-refractivity contribution in [1.82, 2.24) is 5.32 Å². The Morgan fingerprint density at radius 3 is 2.20 bits per heavy atom. The molecular formula is C11H19NO3. The van der Waals surface area contributed by atoms with Crippen LogP contribution in [0.3, 0.4) is 0 Å². The van der Waals surface area contributed by atoms with E-state index in [1.54, 1.807) is 0 Å². The van der Waals surface area contributed by atoms with Crippen LogP contribution in [0.4, 0.5) is 0 Å². The molecule has 0 fully saturated rings. The molecule has 1 amide bonds. The van der Waals surface area contributed by atoms with Crippen molar-refractivity contribution in [3.8, 4) is 0 Å². The van der Waals surface area contributed by atoms with Crippen LogP contribution >= 0.6 is 0 Å². The van der Waals surface area contributed by atoms with Gasteiger partial charge in [-0.25, -0.2) is 4.79 Å². The Hall–Kier alpha value is -1.58. The zero-order valence-electron chi connectivity index (χ0n) is 9.41. The number of esters is 1. The molecule has 0 atom stereocenters. The Morgan fingerprint density at radius 2 is 1.93 bits per heavy atom. The van der Waals surface area contributed by atoms with E-state index in [9.17, 15) is 9.59 Å². The van der Waals surface area contributed by atoms with Crippen molar-refractivity contribution < 1.29 is 14.3 Å². The SMILES string of the molecule is C=CC(=O)NCCCC.C=CC(=O)OC. The Bertz CT molecular complexity index is 212. The zero-order chi connectivity index (χ0) is 12.1. The molecule has 4 heteroatoms. The summed E-state index contributed by atoms with van der Waals surface area (Å²) in [5.41, 5.74) is 0. The molecule has 86 valence electrons. The smallest absolute Gasteiger partial charge is 0.329 e. The maximum atomic E-state index is 10.5. The highest BCUT2D eigenvalue weighted by Gasteiger charge is 1.88. The normalized spacial score (nSPS) is 7.87. The van der Waals surface area contributed by atoms with Gasteiger partial charge in [0.2, 0.25) is 5.91 Å². The van der Waals surface area contributed by atoms with Crippen molar-refractivity contribution in [3.63, 3.8) is 0 Å². The molecule has 0 aromatic carbocycles. The summed E-state index contributed by atoms with van der Waals surface area (Å²) in [7, 11) is 1.31. The minimum Gasteiger partial charge on any atom is -0.466 e. The van der Waals surface area contributed by atoms with Gasteiger partial charge in [-0.3, -0.25) is 4.79 Å². The molecule has 0 aliphatic heterocycles. The van der Waals surface area contributed by atoms with Crippen LogP contribution in [0.15, 0.2) is 25.3 Å². The van der Waals surface area contributed by atoms with E-state index >= 15 is 0 Å². The van der Waals surface area contributed by atoms with Crippen molar-refractivity contribution in [1.29, 1.82) is 0 Å². The quantitative estimate of drug-likeness (QED) is 0.427. The van der Waals surface area contributed by atoms with E-state index in [1.165, 1.54) is 13.2 Å². The second-order valence-corrected chi connectivity index (χ2v) is 2.58. The highest BCUT2D eigenvalue weighted by atomic mass is 16.5. The van der Waals surface area contributed by atoms with Crippen molar-refractivity contribution >= 4 is 11.9 Å². The number of nitrogens with one attached hydrogen (secondary N) is 1. The minimum absolute atomic E-state index is 0.0801. The van der Waals surface area contributed by atoms with Gasteiger partial charge in [-0.2, -0.15) is 0 Å². The fourth-order valence-electron chi connectivity index (χ4n) is 0.544. The fraction of sp³-hybridized carbons (Fsp3) is 0.455. The molecule has 0 radical (unpaired) electrons. The summed E-state index contributed by atoms with van der Waals surface area (Å²) in [6.45, 7) is 9.33. The molecule has 0 aromatic rings. The maximum Gasteiger partial charge on any atom is 0.329 e. The largest absolute Gasteiger partial charge is 0.466 e. The third-order valence-corrected chi connectivity index (χ3v) is 1.38. The number of hydrogen-bond acceptors (Lipinski definition) is 3. The van der Waals surface area contributed by atoms with Gasteiger partial charge < -0.3 is 10.1 Å². The summed E-state index contributed by atoms with van der Waals surface area (Å²) in [4.78, 5) is 20.3. The number of carbonyl (C=O) groups is 2. The number of rotatable bonds is 5. The zero-order valence-corrected chi connectivity index (χ0v) is 9.41. The Labute approximate surface area is 91.0 Å². The van der Waals surface area contributed by atoms with Crippen LogP contribution in [-0.2, 0) is 14.3 Å². The molecule has 0 saturated heterocycles. The van der Waals surface area contributed by atoms with E-state index in [1.807, 2.05) is 0 Å². The number of methoxy groups -OCH3 is 1. The van der Waals surface area contributed by atoms with E-state index < -0.39 is 5.97 Å². The number of unbranched alkanes of at least 4 members (excludes halogenated alkanes) is 1. The summed E-state index contributed by atoms with van der Waals surface area (Å²) in [6, 6.07) is 0. The number of hydrogen-bond donors (Lipinski definition) is 1. The average molecular weight is 213 g/mol. The van der Waals surface area contributed by atoms with Gasteiger partial charge in [0.1, 0.15) is 0 Å². The van der Waals surface area contributed by atoms with Crippen LogP contribution in [-0.4, -0.2) is 25.5 Å². The van der Waals surface area contributed by atoms with Crippen LogP contribution in [0.2, 0.25) is 0 Å². The Kier molecular flexibility index (Phi) is 13.1. The molecule has 0 spiro atoms. The second-order valence-electron chi connectivity index (χ2n) is 2.58. The molecule has 15 heavy (non-hydrogen) atoms. The Morgan fingerprint density at radius 1 is 1.33 bits per heavy atom. The molecule has 0 heterocycles. The fourth-order valence-corrected chi connectivity index (χ4v) is 0.544. The highest BCUT2D eigenvalue weighted by Crippen LogP contribution is 1.81. The van der Waals surface area contributed by atoms with Gasteiger partial charge in [0, 0.05) is 12.6 Å². The monoisotopic (exact) mass is 213 g/mol. The minimum atomic E-state index is -0.394. The summed E-state index contributed by atoms with van der Waals surface area (Å²) >= 11 is 0. The van der Waals surface area contributed by atoms with Gasteiger partial charge >= 0.3 is 5.97 Å². The summed E-state index contributed by atoms with van der Waals surface area (Å²) in [5, 5.41) is 2.68. The van der Waals surface area contributed by atoms with Gasteiger partial charge in [-0.05, 0) is 12.5 Å². The van der Waals surface area contributed by atoms with Gasteiger partial charge in [-0.15, -0.1) is 0 Å². The molecule has 0 saturated carbocycles. The van der Waals surface area contributed by atoms with Crippen molar-refractivity contribution in [2.75, 3.05) is 13.7 Å². The van der Waals surface area contributed by atoms with Crippen LogP contribution in [0.1, 0.15) is 19.8 Å². The summed E-state index contributed by atoms with van der Waals surface area (Å²) in [5.74, 6) is -0.474. The van der Waals surface area contributed by atoms with Crippen LogP contribution < -0.4 is 5.32 Å². The van der Waals surface area contributed by atoms with E-state index in [4.69, 9.17) is 0 Å². The molecule has 0 aliphatic carbocycles. The Balaban J connectivity index is 0. The first-order chi connectivity index (χ1) is 7.12. The topological polar surface area (TPSA) is 55.4 Å². The molecule has 0 aromatic heterocycles. The van der Waals surface area contributed by atoms with Crippen molar-refractivity contribution in [2.24, 2.45) is 0 Å². The average Bonchev–Trinajstić information content (AvgIpc) is 2.28. The lowest BCUT2D eigenvalue weighted by Crippen LogP contribution is -2.21. The predicted octanol–water partition coefficient (Wildman–Crippen LogP) is 1.43. The first kappa shape index (κ1) is 15.9. The van der Waals surface area contributed by atoms with Gasteiger partial charge in [0.15, 0.2) is 0 Å². The number of amides is 1. The van der Waals surface area contributed by atoms with Crippen LogP contribution in [0.25, 0.3) is 0 Å². The van der Waals surface area contributed by atoms with Crippen molar-refractivity contribution in [2.45, 2.75) is 19.8 Å². The van der Waals surface area contributed by atoms with Crippen LogP contribution in [0.5, 0.6) is 0 Å². The molecule has 1 N–H and O–H groups in total. The predicted molar refractivity (Wildman–Crippen MR) is 60.3 cm³/mol. The lowest BCUT2D eigenvalue weighted by Gasteiger charge is -1.97. The third-order valence-electron chi connectivity index (χ3n) is 1.38. The van der Waals surface area contributed by atoms with E-state index in [2.05, 4.69) is 30.1 Å². The van der Waals surface area contributed by atoms with Gasteiger partial charge in [0.05, 0.1) is 7.11 Å². The standard InChI is InChI=1S/C7H13NO.C4H6O2/c1-3-5-6-8-7(9)4-2;1-3-4(5)6-2/h4H,2-3,5-6H2,1H3,(H,8,9);3H,1H2,2H3. The van der Waals surface area contributed by atoms with Crippen LogP contribution in [0, 0.1) is 0 Å². The van der Waals surface area contributed by atoms with E-state index in [-0.39, 0.29) is 5.91 Å². The summed E-state index contributed by atoms with van der Waals surface area (Å²) in [6.07, 6.45) is 4.55. The van der Waals surface area contributed by atoms with Crippen molar-refractivity contribution in [3.05, 3.63) is 25.3 Å². The lowest BCUT2D eigenvalue weighted by molar-refractivity contribution is -0.134. The maximum absolute atomic E-state index is 10.5. The molecule has 0 unspecified atom stereocenters.